The molecule has 0 aromatic rings. The van der Waals surface area contributed by atoms with Crippen LogP contribution in [-0.4, -0.2) is 46.1 Å². The first kappa shape index (κ1) is 13.8. The Bertz CT molecular complexity index is 444. The summed E-state index contributed by atoms with van der Waals surface area (Å²) in [6.45, 7) is 4.63. The van der Waals surface area contributed by atoms with E-state index in [-0.39, 0.29) is 11.7 Å². The Morgan fingerprint density at radius 1 is 1.32 bits per heavy atom. The quantitative estimate of drug-likeness (QED) is 0.661. The van der Waals surface area contributed by atoms with Crippen molar-refractivity contribution in [1.29, 1.82) is 0 Å². The van der Waals surface area contributed by atoms with E-state index in [1.54, 1.807) is 13.8 Å². The van der Waals surface area contributed by atoms with Crippen LogP contribution in [-0.2, 0) is 19.1 Å². The maximum absolute atomic E-state index is 11.2. The Morgan fingerprint density at radius 2 is 1.89 bits per heavy atom. The monoisotopic (exact) mass is 271 g/mol. The van der Waals surface area contributed by atoms with Gasteiger partial charge in [0, 0.05) is 6.92 Å². The maximum atomic E-state index is 11.2. The van der Waals surface area contributed by atoms with Gasteiger partial charge in [0.05, 0.1) is 0 Å². The summed E-state index contributed by atoms with van der Waals surface area (Å²) < 4.78 is 11.2. The van der Waals surface area contributed by atoms with E-state index in [0.29, 0.717) is 0 Å². The molecule has 1 fully saturated rings. The predicted octanol–water partition coefficient (Wildman–Crippen LogP) is 0.168. The lowest BCUT2D eigenvalue weighted by Gasteiger charge is -2.32. The second-order valence-corrected chi connectivity index (χ2v) is 5.20. The lowest BCUT2D eigenvalue weighted by atomic mass is 9.86. The van der Waals surface area contributed by atoms with E-state index in [1.807, 2.05) is 0 Å². The molecule has 1 amide bonds. The number of rotatable bonds is 2. The van der Waals surface area contributed by atoms with Gasteiger partial charge >= 0.3 is 5.97 Å². The van der Waals surface area contributed by atoms with E-state index in [0.717, 1.165) is 0 Å². The van der Waals surface area contributed by atoms with Crippen molar-refractivity contribution < 1.29 is 29.3 Å². The molecule has 0 aromatic heterocycles. The molecule has 4 atom stereocenters. The van der Waals surface area contributed by atoms with Crippen LogP contribution in [0.15, 0.2) is 11.8 Å². The molecule has 2 rings (SSSR count). The summed E-state index contributed by atoms with van der Waals surface area (Å²) in [6.07, 6.45) is -0.292. The number of hydrogen-bond acceptors (Lipinski definition) is 5. The van der Waals surface area contributed by atoms with Crippen molar-refractivity contribution in [2.24, 2.45) is 5.92 Å². The molecule has 106 valence electrons. The van der Waals surface area contributed by atoms with Gasteiger partial charge in [-0.05, 0) is 19.9 Å². The number of nitrogens with one attached hydrogen (secondary N) is 1. The molecule has 0 spiro atoms. The highest BCUT2D eigenvalue weighted by atomic mass is 16.8. The average molecular weight is 271 g/mol. The van der Waals surface area contributed by atoms with Gasteiger partial charge in [0.25, 0.3) is 0 Å². The van der Waals surface area contributed by atoms with Crippen molar-refractivity contribution in [3.63, 3.8) is 0 Å². The summed E-state index contributed by atoms with van der Waals surface area (Å²) in [5, 5.41) is 21.6. The molecule has 0 saturated carbocycles. The summed E-state index contributed by atoms with van der Waals surface area (Å²) in [4.78, 5) is 22.4. The van der Waals surface area contributed by atoms with Gasteiger partial charge in [-0.15, -0.1) is 0 Å². The Kier molecular flexibility index (Phi) is 3.27. The van der Waals surface area contributed by atoms with E-state index in [9.17, 15) is 14.7 Å². The van der Waals surface area contributed by atoms with E-state index in [4.69, 9.17) is 14.6 Å². The number of hydrogen-bond donors (Lipinski definition) is 3. The maximum Gasteiger partial charge on any atom is 0.313 e. The number of ether oxygens (including phenoxy) is 2. The molecule has 1 aliphatic carbocycles. The van der Waals surface area contributed by atoms with Crippen LogP contribution in [0, 0.1) is 5.92 Å². The van der Waals surface area contributed by atoms with Crippen molar-refractivity contribution >= 4 is 11.9 Å². The van der Waals surface area contributed by atoms with Crippen molar-refractivity contribution in [2.75, 3.05) is 0 Å². The second kappa shape index (κ2) is 4.50. The highest BCUT2D eigenvalue weighted by molar-refractivity contribution is 5.75. The summed E-state index contributed by atoms with van der Waals surface area (Å²) in [5.74, 6) is -3.63. The topological polar surface area (TPSA) is 105 Å². The van der Waals surface area contributed by atoms with Crippen molar-refractivity contribution in [3.05, 3.63) is 11.8 Å². The Labute approximate surface area is 110 Å². The Hall–Kier alpha value is -1.60. The lowest BCUT2D eigenvalue weighted by molar-refractivity contribution is -0.157. The number of carbonyl (C=O) groups excluding carboxylic acids is 1. The minimum Gasteiger partial charge on any atom is -0.510 e. The van der Waals surface area contributed by atoms with Crippen LogP contribution < -0.4 is 5.32 Å². The zero-order valence-electron chi connectivity index (χ0n) is 10.9. The molecule has 1 aliphatic heterocycles. The number of carboxylic acid groups (broad SMARTS) is 1. The van der Waals surface area contributed by atoms with Gasteiger partial charge < -0.3 is 25.0 Å². The smallest absolute Gasteiger partial charge is 0.313 e. The first-order valence-corrected chi connectivity index (χ1v) is 5.97. The fourth-order valence-electron chi connectivity index (χ4n) is 2.49. The van der Waals surface area contributed by atoms with Gasteiger partial charge in [-0.1, -0.05) is 0 Å². The third kappa shape index (κ3) is 2.57. The van der Waals surface area contributed by atoms with Crippen LogP contribution in [0.2, 0.25) is 0 Å². The number of amides is 1. The fourth-order valence-corrected chi connectivity index (χ4v) is 2.49. The number of carboxylic acids is 1. The van der Waals surface area contributed by atoms with Crippen LogP contribution in [0.1, 0.15) is 20.8 Å². The van der Waals surface area contributed by atoms with Gasteiger partial charge in [0.15, 0.2) is 5.79 Å². The van der Waals surface area contributed by atoms with Gasteiger partial charge in [-0.2, -0.15) is 0 Å². The standard InChI is InChI=1S/C12H17NO6/c1-5(14)13-8-7(15)4-6(11(16)17)9-10(8)19-12(2,3)18-9/h4,6,8-10,15H,1-3H3,(H,13,14)(H,16,17). The summed E-state index contributed by atoms with van der Waals surface area (Å²) in [6, 6.07) is -0.792. The largest absolute Gasteiger partial charge is 0.510 e. The molecule has 1 heterocycles. The number of aliphatic carboxylic acids is 1. The first-order valence-electron chi connectivity index (χ1n) is 5.97. The molecular weight excluding hydrogens is 254 g/mol. The van der Waals surface area contributed by atoms with E-state index in [1.165, 1.54) is 13.0 Å². The minimum absolute atomic E-state index is 0.217. The van der Waals surface area contributed by atoms with Crippen molar-refractivity contribution in [1.82, 2.24) is 5.32 Å². The number of aliphatic hydroxyl groups is 1. The molecule has 19 heavy (non-hydrogen) atoms. The number of aliphatic hydroxyl groups excluding tert-OH is 1. The molecule has 4 unspecified atom stereocenters. The second-order valence-electron chi connectivity index (χ2n) is 5.20. The van der Waals surface area contributed by atoms with Crippen LogP contribution in [0.4, 0.5) is 0 Å². The van der Waals surface area contributed by atoms with Crippen molar-refractivity contribution in [3.8, 4) is 0 Å². The summed E-state index contributed by atoms with van der Waals surface area (Å²) in [5.41, 5.74) is 0. The van der Waals surface area contributed by atoms with E-state index in [2.05, 4.69) is 5.32 Å². The molecule has 2 aliphatic rings. The van der Waals surface area contributed by atoms with Crippen LogP contribution in [0.3, 0.4) is 0 Å². The average Bonchev–Trinajstić information content (AvgIpc) is 2.56. The fraction of sp³-hybridized carbons (Fsp3) is 0.667. The number of fused-ring (bicyclic) bond motifs is 1. The van der Waals surface area contributed by atoms with E-state index >= 15 is 0 Å². The molecule has 0 bridgehead atoms. The molecule has 0 aromatic carbocycles. The normalized spacial score (nSPS) is 36.3. The third-order valence-corrected chi connectivity index (χ3v) is 3.16. The molecule has 0 radical (unpaired) electrons. The summed E-state index contributed by atoms with van der Waals surface area (Å²) >= 11 is 0. The SMILES string of the molecule is CC(=O)NC1C(O)=CC(C(=O)O)C2OC(C)(C)OC12. The van der Waals surface area contributed by atoms with Gasteiger partial charge in [0.1, 0.15) is 29.9 Å². The predicted molar refractivity (Wildman–Crippen MR) is 63.3 cm³/mol. The third-order valence-electron chi connectivity index (χ3n) is 3.16. The van der Waals surface area contributed by atoms with Crippen LogP contribution >= 0.6 is 0 Å². The number of carbonyl (C=O) groups is 2. The van der Waals surface area contributed by atoms with Crippen LogP contribution in [0.25, 0.3) is 0 Å². The molecular formula is C12H17NO6. The van der Waals surface area contributed by atoms with Gasteiger partial charge in [-0.3, -0.25) is 9.59 Å². The molecule has 7 nitrogen and oxygen atoms in total. The zero-order valence-corrected chi connectivity index (χ0v) is 10.9. The van der Waals surface area contributed by atoms with Gasteiger partial charge in [-0.25, -0.2) is 0 Å². The molecule has 1 saturated heterocycles. The van der Waals surface area contributed by atoms with Crippen molar-refractivity contribution in [2.45, 2.75) is 44.8 Å². The first-order chi connectivity index (χ1) is 8.71. The highest BCUT2D eigenvalue weighted by Gasteiger charge is 2.53. The zero-order chi connectivity index (χ0) is 14.4. The summed E-state index contributed by atoms with van der Waals surface area (Å²) in [7, 11) is 0. The van der Waals surface area contributed by atoms with Gasteiger partial charge in [0.2, 0.25) is 5.91 Å². The van der Waals surface area contributed by atoms with Crippen LogP contribution in [0.5, 0.6) is 0 Å². The van der Waals surface area contributed by atoms with E-state index < -0.39 is 35.9 Å². The molecule has 3 N–H and O–H groups in total. The minimum atomic E-state index is -1.11. The molecule has 7 heteroatoms. The Morgan fingerprint density at radius 3 is 2.42 bits per heavy atom. The lowest BCUT2D eigenvalue weighted by Crippen LogP contribution is -2.53. The highest BCUT2D eigenvalue weighted by Crippen LogP contribution is 2.39. The Balaban J connectivity index is 2.35.